The van der Waals surface area contributed by atoms with E-state index in [1.54, 1.807) is 35.5 Å². The molecule has 0 aliphatic carbocycles. The number of carbonyl (C=O) groups is 1. The largest absolute Gasteiger partial charge is 0.322 e. The fourth-order valence-corrected chi connectivity index (χ4v) is 3.94. The molecule has 0 saturated carbocycles. The zero-order valence-electron chi connectivity index (χ0n) is 16.5. The number of aryl methyl sites for hydroxylation is 2. The normalized spacial score (nSPS) is 13.2. The third kappa shape index (κ3) is 3.27. The molecule has 0 fully saturated rings. The molecule has 1 aliphatic rings. The fourth-order valence-electron chi connectivity index (χ4n) is 3.73. The van der Waals surface area contributed by atoms with Crippen LogP contribution in [0.25, 0.3) is 0 Å². The molecule has 1 aliphatic heterocycles. The van der Waals surface area contributed by atoms with Crippen molar-refractivity contribution in [3.63, 3.8) is 0 Å². The monoisotopic (exact) mass is 420 g/mol. The molecule has 0 N–H and O–H groups in total. The number of aromatic nitrogens is 1. The molecule has 4 rings (SSSR count). The van der Waals surface area contributed by atoms with Crippen LogP contribution in [0.1, 0.15) is 34.0 Å². The van der Waals surface area contributed by atoms with Crippen LogP contribution in [0.5, 0.6) is 0 Å². The second-order valence-corrected chi connectivity index (χ2v) is 7.46. The summed E-state index contributed by atoms with van der Waals surface area (Å²) in [6, 6.07) is 11.6. The third-order valence-corrected chi connectivity index (χ3v) is 5.56. The first-order valence-corrected chi connectivity index (χ1v) is 9.84. The minimum Gasteiger partial charge on any atom is -0.322 e. The molecule has 7 heteroatoms. The van der Waals surface area contributed by atoms with Gasteiger partial charge in [0.15, 0.2) is 0 Å². The number of pyridine rings is 1. The topological polar surface area (TPSA) is 60.2 Å². The second-order valence-electron chi connectivity index (χ2n) is 7.05. The van der Waals surface area contributed by atoms with E-state index in [4.69, 9.17) is 11.6 Å². The maximum Gasteiger partial charge on any atom is 0.261 e. The van der Waals surface area contributed by atoms with Gasteiger partial charge in [-0.1, -0.05) is 18.5 Å². The van der Waals surface area contributed by atoms with Crippen LogP contribution in [0.15, 0.2) is 48.8 Å². The van der Waals surface area contributed by atoms with E-state index < -0.39 is 0 Å². The van der Waals surface area contributed by atoms with Gasteiger partial charge in [-0.15, -0.1) is 0 Å². The minimum atomic E-state index is -0.320. The lowest BCUT2D eigenvalue weighted by Crippen LogP contribution is -2.45. The number of benzene rings is 2. The average molecular weight is 421 g/mol. The molecule has 1 aromatic heterocycles. The van der Waals surface area contributed by atoms with Crippen molar-refractivity contribution in [2.24, 2.45) is 0 Å². The lowest BCUT2D eigenvalue weighted by atomic mass is 10.0. The first-order chi connectivity index (χ1) is 14.4. The molecule has 1 amide bonds. The summed E-state index contributed by atoms with van der Waals surface area (Å²) in [6.07, 6.45) is 3.94. The number of fused-ring (bicyclic) bond motifs is 1. The summed E-state index contributed by atoms with van der Waals surface area (Å²) in [5.74, 6) is -0.540. The van der Waals surface area contributed by atoms with Crippen LogP contribution in [0, 0.1) is 24.1 Å². The van der Waals surface area contributed by atoms with Crippen LogP contribution in [0.3, 0.4) is 0 Å². The van der Waals surface area contributed by atoms with Gasteiger partial charge in [0.25, 0.3) is 5.91 Å². The molecule has 150 valence electrons. The first-order valence-electron chi connectivity index (χ1n) is 9.46. The van der Waals surface area contributed by atoms with Crippen molar-refractivity contribution in [2.45, 2.75) is 20.3 Å². The number of rotatable bonds is 3. The second kappa shape index (κ2) is 7.77. The van der Waals surface area contributed by atoms with E-state index in [0.717, 1.165) is 22.5 Å². The number of hydrogen-bond donors (Lipinski definition) is 0. The van der Waals surface area contributed by atoms with Crippen molar-refractivity contribution < 1.29 is 9.18 Å². The quantitative estimate of drug-likeness (QED) is 0.571. The van der Waals surface area contributed by atoms with Crippen LogP contribution in [-0.2, 0) is 6.42 Å². The summed E-state index contributed by atoms with van der Waals surface area (Å²) in [5.41, 5.74) is 4.39. The number of carbonyl (C=O) groups excluding carboxylic acids is 1. The van der Waals surface area contributed by atoms with Crippen molar-refractivity contribution >= 4 is 34.6 Å². The van der Waals surface area contributed by atoms with Crippen LogP contribution in [0.2, 0.25) is 5.02 Å². The highest BCUT2D eigenvalue weighted by Crippen LogP contribution is 2.40. The minimum absolute atomic E-state index is 0.210. The van der Waals surface area contributed by atoms with E-state index in [1.807, 2.05) is 18.7 Å². The fraction of sp³-hybridized carbons (Fsp3) is 0.174. The Bertz CT molecular complexity index is 1200. The predicted octanol–water partition coefficient (Wildman–Crippen LogP) is 5.37. The van der Waals surface area contributed by atoms with Gasteiger partial charge in [-0.25, -0.2) is 4.39 Å². The molecule has 30 heavy (non-hydrogen) atoms. The highest BCUT2D eigenvalue weighted by molar-refractivity contribution is 6.32. The maximum absolute atomic E-state index is 13.9. The highest BCUT2D eigenvalue weighted by atomic mass is 35.5. The number of nitriles is 1. The molecule has 0 saturated heterocycles. The molecule has 2 heterocycles. The molecule has 0 unspecified atom stereocenters. The molecular formula is C23H18ClFN4O. The van der Waals surface area contributed by atoms with E-state index in [9.17, 15) is 14.4 Å². The van der Waals surface area contributed by atoms with Crippen LogP contribution in [-0.4, -0.2) is 17.6 Å². The van der Waals surface area contributed by atoms with Gasteiger partial charge < -0.3 is 4.90 Å². The Balaban J connectivity index is 1.96. The lowest BCUT2D eigenvalue weighted by molar-refractivity contribution is 0.0983. The van der Waals surface area contributed by atoms with Gasteiger partial charge in [0.05, 0.1) is 27.5 Å². The van der Waals surface area contributed by atoms with E-state index >= 15 is 0 Å². The zero-order chi connectivity index (χ0) is 21.4. The Morgan fingerprint density at radius 3 is 2.67 bits per heavy atom. The number of hydrogen-bond acceptors (Lipinski definition) is 4. The van der Waals surface area contributed by atoms with Gasteiger partial charge in [-0.2, -0.15) is 5.26 Å². The number of halogens is 2. The Morgan fingerprint density at radius 1 is 1.17 bits per heavy atom. The molecule has 3 aromatic rings. The van der Waals surface area contributed by atoms with Crippen molar-refractivity contribution in [1.29, 1.82) is 5.26 Å². The molecule has 5 nitrogen and oxygen atoms in total. The summed E-state index contributed by atoms with van der Waals surface area (Å²) in [4.78, 5) is 21.1. The molecule has 2 aromatic carbocycles. The number of nitrogens with zero attached hydrogens (tertiary/aromatic N) is 4. The third-order valence-electron chi connectivity index (χ3n) is 5.25. The van der Waals surface area contributed by atoms with E-state index in [-0.39, 0.29) is 29.0 Å². The van der Waals surface area contributed by atoms with E-state index in [1.165, 1.54) is 18.2 Å². The Hall–Kier alpha value is -3.43. The smallest absolute Gasteiger partial charge is 0.261 e. The molecule has 0 atom stereocenters. The first kappa shape index (κ1) is 19.9. The Labute approximate surface area is 178 Å². The van der Waals surface area contributed by atoms with Crippen molar-refractivity contribution in [3.05, 3.63) is 81.9 Å². The van der Waals surface area contributed by atoms with E-state index in [2.05, 4.69) is 11.1 Å². The summed E-state index contributed by atoms with van der Waals surface area (Å²) in [7, 11) is 0. The SMILES string of the molecule is CCc1cc(F)ccc1N1CN(c2ccncc2C)C(=O)c2cc(Cl)c(C#N)cc21. The van der Waals surface area contributed by atoms with Crippen LogP contribution < -0.4 is 9.80 Å². The summed E-state index contributed by atoms with van der Waals surface area (Å²) >= 11 is 6.25. The summed E-state index contributed by atoms with van der Waals surface area (Å²) in [6.45, 7) is 4.04. The maximum atomic E-state index is 13.9. The Morgan fingerprint density at radius 2 is 1.97 bits per heavy atom. The van der Waals surface area contributed by atoms with Crippen molar-refractivity contribution in [3.8, 4) is 6.07 Å². The summed E-state index contributed by atoms with van der Waals surface area (Å²) < 4.78 is 13.9. The van der Waals surface area contributed by atoms with Crippen molar-refractivity contribution in [2.75, 3.05) is 16.5 Å². The number of amides is 1. The standard InChI is InChI=1S/C23H18ClFN4O/c1-3-15-8-17(25)4-5-21(15)28-13-29(20-6-7-27-12-14(20)2)23(30)18-10-19(24)16(11-26)9-22(18)28/h4-10,12H,3,13H2,1-2H3. The molecule has 0 spiro atoms. The van der Waals surface area contributed by atoms with Gasteiger partial charge in [0, 0.05) is 18.1 Å². The van der Waals surface area contributed by atoms with Gasteiger partial charge in [-0.3, -0.25) is 14.7 Å². The number of anilines is 3. The average Bonchev–Trinajstić information content (AvgIpc) is 2.75. The zero-order valence-corrected chi connectivity index (χ0v) is 17.2. The Kier molecular flexibility index (Phi) is 5.15. The predicted molar refractivity (Wildman–Crippen MR) is 115 cm³/mol. The van der Waals surface area contributed by atoms with Crippen LogP contribution in [0.4, 0.5) is 21.5 Å². The van der Waals surface area contributed by atoms with Gasteiger partial charge >= 0.3 is 0 Å². The van der Waals surface area contributed by atoms with E-state index in [0.29, 0.717) is 17.7 Å². The van der Waals surface area contributed by atoms with Gasteiger partial charge in [-0.05, 0) is 60.9 Å². The van der Waals surface area contributed by atoms with Gasteiger partial charge in [0.2, 0.25) is 0 Å². The highest BCUT2D eigenvalue weighted by Gasteiger charge is 2.33. The molecule has 0 bridgehead atoms. The van der Waals surface area contributed by atoms with Crippen LogP contribution >= 0.6 is 11.6 Å². The van der Waals surface area contributed by atoms with Crippen molar-refractivity contribution in [1.82, 2.24) is 4.98 Å². The lowest BCUT2D eigenvalue weighted by Gasteiger charge is -2.39. The summed E-state index contributed by atoms with van der Waals surface area (Å²) in [5, 5.41) is 9.66. The molecular weight excluding hydrogens is 403 g/mol. The molecule has 0 radical (unpaired) electrons. The van der Waals surface area contributed by atoms with Gasteiger partial charge in [0.1, 0.15) is 18.6 Å².